The lowest BCUT2D eigenvalue weighted by molar-refractivity contribution is -0.119. The summed E-state index contributed by atoms with van der Waals surface area (Å²) in [6.45, 7) is 0.514. The van der Waals surface area contributed by atoms with Gasteiger partial charge in [-0.2, -0.15) is 0 Å². The van der Waals surface area contributed by atoms with E-state index in [1.54, 1.807) is 11.3 Å². The van der Waals surface area contributed by atoms with Crippen molar-refractivity contribution in [3.63, 3.8) is 0 Å². The maximum absolute atomic E-state index is 11.2. The molecule has 0 saturated carbocycles. The first-order chi connectivity index (χ1) is 7.72. The summed E-state index contributed by atoms with van der Waals surface area (Å²) in [7, 11) is 0. The summed E-state index contributed by atoms with van der Waals surface area (Å²) in [4.78, 5) is 23.4. The highest BCUT2D eigenvalue weighted by Crippen LogP contribution is 2.07. The summed E-state index contributed by atoms with van der Waals surface area (Å²) >= 11 is 7.00. The number of alkyl halides is 1. The minimum Gasteiger partial charge on any atom is -0.337 e. The molecule has 88 valence electrons. The Morgan fingerprint density at radius 1 is 1.44 bits per heavy atom. The number of halogens is 1. The second-order valence-electron chi connectivity index (χ2n) is 3.07. The van der Waals surface area contributed by atoms with E-state index in [-0.39, 0.29) is 18.2 Å². The Hall–Kier alpha value is -1.07. The number of urea groups is 1. The Labute approximate surface area is 103 Å². The van der Waals surface area contributed by atoms with Gasteiger partial charge in [-0.3, -0.25) is 10.1 Å². The summed E-state index contributed by atoms with van der Waals surface area (Å²) in [5.41, 5.74) is 0. The van der Waals surface area contributed by atoms with Crippen LogP contribution >= 0.6 is 22.9 Å². The van der Waals surface area contributed by atoms with Crippen LogP contribution in [0.5, 0.6) is 0 Å². The largest absolute Gasteiger partial charge is 0.337 e. The van der Waals surface area contributed by atoms with Crippen LogP contribution in [0.15, 0.2) is 17.5 Å². The van der Waals surface area contributed by atoms with Gasteiger partial charge in [0.05, 0.1) is 0 Å². The highest BCUT2D eigenvalue weighted by molar-refractivity contribution is 7.09. The average Bonchev–Trinajstić information content (AvgIpc) is 2.70. The first-order valence-corrected chi connectivity index (χ1v) is 6.30. The molecule has 0 aliphatic heterocycles. The molecular weight excluding hydrogens is 248 g/mol. The molecule has 0 aliphatic rings. The van der Waals surface area contributed by atoms with Crippen LogP contribution in [-0.2, 0) is 11.2 Å². The minimum absolute atomic E-state index is 0.153. The lowest BCUT2D eigenvalue weighted by atomic mass is 10.3. The van der Waals surface area contributed by atoms with Gasteiger partial charge >= 0.3 is 6.03 Å². The summed E-state index contributed by atoms with van der Waals surface area (Å²) in [6.07, 6.45) is 0.925. The third-order valence-corrected chi connectivity index (χ3v) is 2.94. The average molecular weight is 261 g/mol. The first kappa shape index (κ1) is 13.0. The minimum atomic E-state index is -0.466. The molecule has 0 aromatic carbocycles. The Morgan fingerprint density at radius 2 is 2.25 bits per heavy atom. The SMILES string of the molecule is O=C(CCCl)NC(=O)NCCc1cccs1. The van der Waals surface area contributed by atoms with Crippen LogP contribution in [0, 0.1) is 0 Å². The van der Waals surface area contributed by atoms with E-state index in [1.165, 1.54) is 4.88 Å². The van der Waals surface area contributed by atoms with Crippen LogP contribution < -0.4 is 10.6 Å². The lowest BCUT2D eigenvalue weighted by Gasteiger charge is -2.04. The Kier molecular flexibility index (Phi) is 5.88. The molecule has 0 radical (unpaired) electrons. The van der Waals surface area contributed by atoms with Gasteiger partial charge in [-0.25, -0.2) is 4.79 Å². The van der Waals surface area contributed by atoms with Gasteiger partial charge < -0.3 is 5.32 Å². The standard InChI is InChI=1S/C10H13ClN2O2S/c11-5-3-9(14)13-10(15)12-6-4-8-2-1-7-16-8/h1-2,7H,3-6H2,(H2,12,13,14,15). The maximum atomic E-state index is 11.2. The topological polar surface area (TPSA) is 58.2 Å². The van der Waals surface area contributed by atoms with Gasteiger partial charge in [-0.15, -0.1) is 22.9 Å². The fourth-order valence-corrected chi connectivity index (χ4v) is 1.95. The molecule has 0 unspecified atom stereocenters. The molecule has 0 spiro atoms. The fourth-order valence-electron chi connectivity index (χ4n) is 1.07. The second-order valence-corrected chi connectivity index (χ2v) is 4.48. The Balaban J connectivity index is 2.13. The van der Waals surface area contributed by atoms with Crippen molar-refractivity contribution in [2.45, 2.75) is 12.8 Å². The van der Waals surface area contributed by atoms with E-state index in [0.717, 1.165) is 6.42 Å². The van der Waals surface area contributed by atoms with E-state index in [9.17, 15) is 9.59 Å². The third kappa shape index (κ3) is 5.14. The molecule has 1 aromatic rings. The highest BCUT2D eigenvalue weighted by Gasteiger charge is 2.05. The zero-order chi connectivity index (χ0) is 11.8. The van der Waals surface area contributed by atoms with E-state index < -0.39 is 6.03 Å². The van der Waals surface area contributed by atoms with Gasteiger partial charge in [-0.05, 0) is 17.9 Å². The molecule has 3 amide bonds. The number of imide groups is 1. The third-order valence-electron chi connectivity index (χ3n) is 1.81. The zero-order valence-electron chi connectivity index (χ0n) is 8.66. The predicted molar refractivity (Wildman–Crippen MR) is 64.9 cm³/mol. The van der Waals surface area contributed by atoms with E-state index >= 15 is 0 Å². The molecule has 1 rings (SSSR count). The monoisotopic (exact) mass is 260 g/mol. The van der Waals surface area contributed by atoms with Crippen LogP contribution in [0.25, 0.3) is 0 Å². The second kappa shape index (κ2) is 7.24. The van der Waals surface area contributed by atoms with Crippen molar-refractivity contribution in [1.82, 2.24) is 10.6 Å². The van der Waals surface area contributed by atoms with Crippen molar-refractivity contribution in [3.8, 4) is 0 Å². The number of carbonyl (C=O) groups excluding carboxylic acids is 2. The molecule has 0 fully saturated rings. The summed E-state index contributed by atoms with van der Waals surface area (Å²) in [6, 6.07) is 3.50. The zero-order valence-corrected chi connectivity index (χ0v) is 10.2. The van der Waals surface area contributed by atoms with E-state index in [1.807, 2.05) is 17.5 Å². The molecule has 1 heterocycles. The number of carbonyl (C=O) groups is 2. The van der Waals surface area contributed by atoms with Crippen LogP contribution in [0.2, 0.25) is 0 Å². The number of amides is 3. The van der Waals surface area contributed by atoms with Crippen molar-refractivity contribution >= 4 is 34.9 Å². The van der Waals surface area contributed by atoms with Crippen molar-refractivity contribution in [1.29, 1.82) is 0 Å². The van der Waals surface area contributed by atoms with Crippen molar-refractivity contribution in [3.05, 3.63) is 22.4 Å². The summed E-state index contributed by atoms with van der Waals surface area (Å²) in [5, 5.41) is 6.78. The van der Waals surface area contributed by atoms with Gasteiger partial charge in [0.15, 0.2) is 0 Å². The molecule has 2 N–H and O–H groups in total. The fraction of sp³-hybridized carbons (Fsp3) is 0.400. The highest BCUT2D eigenvalue weighted by atomic mass is 35.5. The number of nitrogens with one attached hydrogen (secondary N) is 2. The Bertz CT molecular complexity index is 341. The molecule has 0 bridgehead atoms. The number of rotatable bonds is 5. The quantitative estimate of drug-likeness (QED) is 0.793. The van der Waals surface area contributed by atoms with Gasteiger partial charge in [0, 0.05) is 23.7 Å². The lowest BCUT2D eigenvalue weighted by Crippen LogP contribution is -2.40. The van der Waals surface area contributed by atoms with E-state index in [4.69, 9.17) is 11.6 Å². The van der Waals surface area contributed by atoms with Crippen molar-refractivity contribution in [2.24, 2.45) is 0 Å². The first-order valence-electron chi connectivity index (χ1n) is 4.88. The van der Waals surface area contributed by atoms with Crippen molar-refractivity contribution in [2.75, 3.05) is 12.4 Å². The summed E-state index contributed by atoms with van der Waals surface area (Å²) in [5.74, 6) is -0.141. The predicted octanol–water partition coefficient (Wildman–Crippen LogP) is 1.75. The van der Waals surface area contributed by atoms with Crippen molar-refractivity contribution < 1.29 is 9.59 Å². The molecule has 0 atom stereocenters. The van der Waals surface area contributed by atoms with Gasteiger partial charge in [0.1, 0.15) is 0 Å². The molecule has 6 heteroatoms. The van der Waals surface area contributed by atoms with E-state index in [2.05, 4.69) is 10.6 Å². The van der Waals surface area contributed by atoms with Crippen LogP contribution in [-0.4, -0.2) is 24.4 Å². The molecular formula is C10H13ClN2O2S. The normalized spacial score (nSPS) is 9.81. The van der Waals surface area contributed by atoms with Crippen LogP contribution in [0.3, 0.4) is 0 Å². The number of thiophene rings is 1. The summed E-state index contributed by atoms with van der Waals surface area (Å²) < 4.78 is 0. The maximum Gasteiger partial charge on any atom is 0.321 e. The molecule has 0 saturated heterocycles. The smallest absolute Gasteiger partial charge is 0.321 e. The molecule has 4 nitrogen and oxygen atoms in total. The van der Waals surface area contributed by atoms with Gasteiger partial charge in [0.2, 0.25) is 5.91 Å². The van der Waals surface area contributed by atoms with Gasteiger partial charge in [0.25, 0.3) is 0 Å². The number of hydrogen-bond acceptors (Lipinski definition) is 3. The molecule has 16 heavy (non-hydrogen) atoms. The van der Waals surface area contributed by atoms with Crippen LogP contribution in [0.1, 0.15) is 11.3 Å². The van der Waals surface area contributed by atoms with Crippen LogP contribution in [0.4, 0.5) is 4.79 Å². The molecule has 0 aliphatic carbocycles. The van der Waals surface area contributed by atoms with Gasteiger partial charge in [-0.1, -0.05) is 6.07 Å². The molecule has 1 aromatic heterocycles. The number of hydrogen-bond donors (Lipinski definition) is 2. The Morgan fingerprint density at radius 3 is 2.88 bits per heavy atom. The van der Waals surface area contributed by atoms with E-state index in [0.29, 0.717) is 6.54 Å².